The van der Waals surface area contributed by atoms with Crippen LogP contribution >= 0.6 is 11.6 Å². The van der Waals surface area contributed by atoms with Gasteiger partial charge in [0, 0.05) is 19.6 Å². The lowest BCUT2D eigenvalue weighted by atomic mass is 10.0. The lowest BCUT2D eigenvalue weighted by Crippen LogP contribution is -2.09. The minimum absolute atomic E-state index is 0.0867. The minimum Gasteiger partial charge on any atom is -0.381 e. The highest BCUT2D eigenvalue weighted by molar-refractivity contribution is 6.29. The quantitative estimate of drug-likeness (QED) is 0.731. The highest BCUT2D eigenvalue weighted by Gasteiger charge is 2.18. The fourth-order valence-electron chi connectivity index (χ4n) is 1.67. The van der Waals surface area contributed by atoms with E-state index in [1.54, 1.807) is 6.92 Å². The third-order valence-electron chi connectivity index (χ3n) is 2.52. The van der Waals surface area contributed by atoms with Crippen molar-refractivity contribution in [2.75, 3.05) is 13.2 Å². The van der Waals surface area contributed by atoms with Crippen molar-refractivity contribution in [2.24, 2.45) is 5.92 Å². The molecule has 1 aliphatic heterocycles. The second-order valence-electron chi connectivity index (χ2n) is 3.76. The summed E-state index contributed by atoms with van der Waals surface area (Å²) in [6.45, 7) is 3.12. The zero-order valence-electron chi connectivity index (χ0n) is 8.46. The van der Waals surface area contributed by atoms with Gasteiger partial charge in [-0.25, -0.2) is 14.4 Å². The first kappa shape index (κ1) is 10.8. The molecule has 0 amide bonds. The first-order chi connectivity index (χ1) is 7.16. The van der Waals surface area contributed by atoms with Gasteiger partial charge >= 0.3 is 0 Å². The second-order valence-corrected chi connectivity index (χ2v) is 4.12. The molecule has 15 heavy (non-hydrogen) atoms. The Morgan fingerprint density at radius 1 is 1.53 bits per heavy atom. The van der Waals surface area contributed by atoms with E-state index in [-0.39, 0.29) is 5.15 Å². The molecule has 5 heteroatoms. The van der Waals surface area contributed by atoms with E-state index in [1.807, 2.05) is 0 Å². The van der Waals surface area contributed by atoms with Crippen LogP contribution in [0.5, 0.6) is 0 Å². The maximum Gasteiger partial charge on any atom is 0.181 e. The van der Waals surface area contributed by atoms with Crippen molar-refractivity contribution < 1.29 is 9.13 Å². The molecule has 1 aliphatic rings. The molecule has 0 radical (unpaired) electrons. The Bertz CT molecular complexity index is 343. The van der Waals surface area contributed by atoms with Gasteiger partial charge in [-0.3, -0.25) is 0 Å². The summed E-state index contributed by atoms with van der Waals surface area (Å²) in [4.78, 5) is 7.99. The second kappa shape index (κ2) is 4.41. The third-order valence-corrected chi connectivity index (χ3v) is 2.77. The molecule has 1 aromatic heterocycles. The average Bonchev–Trinajstić information content (AvgIpc) is 2.66. The van der Waals surface area contributed by atoms with E-state index in [0.717, 1.165) is 19.6 Å². The predicted molar refractivity (Wildman–Crippen MR) is 54.4 cm³/mol. The Morgan fingerprint density at radius 3 is 2.93 bits per heavy atom. The van der Waals surface area contributed by atoms with Crippen LogP contribution in [0.2, 0.25) is 5.15 Å². The van der Waals surface area contributed by atoms with Gasteiger partial charge in [-0.05, 0) is 19.3 Å². The van der Waals surface area contributed by atoms with Crippen LogP contribution in [0.4, 0.5) is 4.39 Å². The van der Waals surface area contributed by atoms with Crippen LogP contribution in [0.1, 0.15) is 17.9 Å². The standard InChI is InChI=1S/C10H12ClFN2O/c1-6-9(12)10(11)14-8(13-6)4-7-2-3-15-5-7/h7H,2-5H2,1H3. The number of rotatable bonds is 2. The van der Waals surface area contributed by atoms with Gasteiger partial charge in [-0.15, -0.1) is 0 Å². The van der Waals surface area contributed by atoms with Gasteiger partial charge in [0.25, 0.3) is 0 Å². The van der Waals surface area contributed by atoms with E-state index in [1.165, 1.54) is 0 Å². The van der Waals surface area contributed by atoms with Crippen molar-refractivity contribution in [3.05, 3.63) is 22.5 Å². The third kappa shape index (κ3) is 2.44. The molecule has 0 aliphatic carbocycles. The SMILES string of the molecule is Cc1nc(CC2CCOC2)nc(Cl)c1F. The predicted octanol–water partition coefficient (Wildman–Crippen LogP) is 2.16. The van der Waals surface area contributed by atoms with E-state index in [9.17, 15) is 4.39 Å². The fourth-order valence-corrected chi connectivity index (χ4v) is 1.91. The summed E-state index contributed by atoms with van der Waals surface area (Å²) in [5.74, 6) is 0.517. The van der Waals surface area contributed by atoms with Crippen molar-refractivity contribution in [2.45, 2.75) is 19.8 Å². The maximum atomic E-state index is 13.1. The summed E-state index contributed by atoms with van der Waals surface area (Å²) in [6, 6.07) is 0. The summed E-state index contributed by atoms with van der Waals surface area (Å²) < 4.78 is 18.4. The van der Waals surface area contributed by atoms with E-state index in [4.69, 9.17) is 16.3 Å². The molecule has 1 aromatic rings. The van der Waals surface area contributed by atoms with Crippen LogP contribution in [0.15, 0.2) is 0 Å². The van der Waals surface area contributed by atoms with Gasteiger partial charge in [-0.1, -0.05) is 11.6 Å². The first-order valence-corrected chi connectivity index (χ1v) is 5.31. The molecule has 3 nitrogen and oxygen atoms in total. The number of aryl methyl sites for hydroxylation is 1. The molecular formula is C10H12ClFN2O. The van der Waals surface area contributed by atoms with Crippen molar-refractivity contribution in [3.63, 3.8) is 0 Å². The maximum absolute atomic E-state index is 13.1. The van der Waals surface area contributed by atoms with Crippen LogP contribution in [-0.4, -0.2) is 23.2 Å². The summed E-state index contributed by atoms with van der Waals surface area (Å²) >= 11 is 5.65. The molecule has 1 saturated heterocycles. The van der Waals surface area contributed by atoms with Crippen molar-refractivity contribution in [1.29, 1.82) is 0 Å². The zero-order chi connectivity index (χ0) is 10.8. The Hall–Kier alpha value is -0.740. The zero-order valence-corrected chi connectivity index (χ0v) is 9.22. The van der Waals surface area contributed by atoms with E-state index < -0.39 is 5.82 Å². The summed E-state index contributed by atoms with van der Waals surface area (Å²) in [7, 11) is 0. The van der Waals surface area contributed by atoms with Crippen LogP contribution in [0.25, 0.3) is 0 Å². The Labute approximate surface area is 92.6 Å². The van der Waals surface area contributed by atoms with Gasteiger partial charge in [0.1, 0.15) is 5.82 Å². The number of ether oxygens (including phenoxy) is 1. The van der Waals surface area contributed by atoms with Gasteiger partial charge in [0.2, 0.25) is 0 Å². The van der Waals surface area contributed by atoms with Gasteiger partial charge in [0.05, 0.1) is 5.69 Å². The molecule has 1 fully saturated rings. The topological polar surface area (TPSA) is 35.0 Å². The van der Waals surface area contributed by atoms with Crippen LogP contribution < -0.4 is 0 Å². The normalized spacial score (nSPS) is 20.9. The molecular weight excluding hydrogens is 219 g/mol. The number of hydrogen-bond donors (Lipinski definition) is 0. The summed E-state index contributed by atoms with van der Waals surface area (Å²) in [6.07, 6.45) is 1.72. The smallest absolute Gasteiger partial charge is 0.181 e. The minimum atomic E-state index is -0.525. The molecule has 0 saturated carbocycles. The lowest BCUT2D eigenvalue weighted by Gasteiger charge is -2.07. The monoisotopic (exact) mass is 230 g/mol. The largest absolute Gasteiger partial charge is 0.381 e. The molecule has 1 atom stereocenters. The molecule has 0 N–H and O–H groups in total. The first-order valence-electron chi connectivity index (χ1n) is 4.93. The Kier molecular flexibility index (Phi) is 3.17. The van der Waals surface area contributed by atoms with E-state index in [2.05, 4.69) is 9.97 Å². The van der Waals surface area contributed by atoms with Crippen LogP contribution in [0.3, 0.4) is 0 Å². The number of halogens is 2. The van der Waals surface area contributed by atoms with Gasteiger partial charge in [0.15, 0.2) is 11.0 Å². The van der Waals surface area contributed by atoms with Crippen molar-refractivity contribution >= 4 is 11.6 Å². The molecule has 0 bridgehead atoms. The molecule has 0 spiro atoms. The van der Waals surface area contributed by atoms with E-state index >= 15 is 0 Å². The number of aromatic nitrogens is 2. The summed E-state index contributed by atoms with van der Waals surface area (Å²) in [5.41, 5.74) is 0.309. The molecule has 1 unspecified atom stereocenters. The van der Waals surface area contributed by atoms with Crippen LogP contribution in [-0.2, 0) is 11.2 Å². The van der Waals surface area contributed by atoms with E-state index in [0.29, 0.717) is 23.9 Å². The van der Waals surface area contributed by atoms with Crippen LogP contribution in [0, 0.1) is 18.7 Å². The number of hydrogen-bond acceptors (Lipinski definition) is 3. The van der Waals surface area contributed by atoms with Gasteiger partial charge < -0.3 is 4.74 Å². The van der Waals surface area contributed by atoms with Gasteiger partial charge in [-0.2, -0.15) is 0 Å². The highest BCUT2D eigenvalue weighted by Crippen LogP contribution is 2.19. The summed E-state index contributed by atoms with van der Waals surface area (Å²) in [5, 5.41) is -0.0867. The molecule has 2 rings (SSSR count). The highest BCUT2D eigenvalue weighted by atomic mass is 35.5. The van der Waals surface area contributed by atoms with Crippen molar-refractivity contribution in [3.8, 4) is 0 Å². The number of nitrogens with zero attached hydrogens (tertiary/aromatic N) is 2. The lowest BCUT2D eigenvalue weighted by molar-refractivity contribution is 0.185. The fraction of sp³-hybridized carbons (Fsp3) is 0.600. The molecule has 82 valence electrons. The Morgan fingerprint density at radius 2 is 2.33 bits per heavy atom. The average molecular weight is 231 g/mol. The molecule has 2 heterocycles. The Balaban J connectivity index is 2.14. The van der Waals surface area contributed by atoms with Crippen molar-refractivity contribution in [1.82, 2.24) is 9.97 Å². The molecule has 0 aromatic carbocycles.